The molecular formula is C10H9ClN2OS. The van der Waals surface area contributed by atoms with Gasteiger partial charge < -0.3 is 0 Å². The van der Waals surface area contributed by atoms with E-state index in [9.17, 15) is 4.79 Å². The summed E-state index contributed by atoms with van der Waals surface area (Å²) in [5.41, 5.74) is 0.909. The fraction of sp³-hybridized carbons (Fsp3) is 0.200. The number of carbonyl (C=O) groups excluding carboxylic acids is 1. The Morgan fingerprint density at radius 3 is 2.87 bits per heavy atom. The highest BCUT2D eigenvalue weighted by Gasteiger charge is 2.09. The number of thiophene rings is 1. The van der Waals surface area contributed by atoms with Crippen LogP contribution in [0.15, 0.2) is 24.4 Å². The van der Waals surface area contributed by atoms with Crippen molar-refractivity contribution in [3.63, 3.8) is 0 Å². The molecule has 0 aliphatic rings. The Morgan fingerprint density at radius 2 is 2.33 bits per heavy atom. The van der Waals surface area contributed by atoms with Crippen LogP contribution in [-0.2, 0) is 6.54 Å². The Bertz CT molecular complexity index is 489. The molecule has 3 nitrogen and oxygen atoms in total. The minimum Gasteiger partial charge on any atom is -0.291 e. The number of aryl methyl sites for hydroxylation is 1. The van der Waals surface area contributed by atoms with Crippen molar-refractivity contribution in [2.75, 3.05) is 0 Å². The van der Waals surface area contributed by atoms with Crippen molar-refractivity contribution < 1.29 is 4.79 Å². The van der Waals surface area contributed by atoms with Crippen LogP contribution in [0.2, 0.25) is 4.34 Å². The van der Waals surface area contributed by atoms with Crippen molar-refractivity contribution in [2.24, 2.45) is 0 Å². The average molecular weight is 241 g/mol. The van der Waals surface area contributed by atoms with Crippen molar-refractivity contribution >= 4 is 28.7 Å². The highest BCUT2D eigenvalue weighted by Crippen LogP contribution is 2.22. The third kappa shape index (κ3) is 2.46. The number of halogens is 1. The van der Waals surface area contributed by atoms with Crippen molar-refractivity contribution in [3.8, 4) is 0 Å². The summed E-state index contributed by atoms with van der Waals surface area (Å²) in [4.78, 5) is 12.4. The Labute approximate surface area is 96.3 Å². The zero-order valence-corrected chi connectivity index (χ0v) is 9.68. The molecule has 0 atom stereocenters. The summed E-state index contributed by atoms with van der Waals surface area (Å²) in [5.74, 6) is 0.0370. The monoisotopic (exact) mass is 240 g/mol. The van der Waals surface area contributed by atoms with Crippen LogP contribution in [0.4, 0.5) is 0 Å². The number of nitrogens with zero attached hydrogens (tertiary/aromatic N) is 2. The molecule has 0 aliphatic carbocycles. The van der Waals surface area contributed by atoms with Crippen molar-refractivity contribution in [1.82, 2.24) is 9.78 Å². The fourth-order valence-electron chi connectivity index (χ4n) is 1.24. The van der Waals surface area contributed by atoms with E-state index in [-0.39, 0.29) is 12.3 Å². The molecule has 5 heteroatoms. The van der Waals surface area contributed by atoms with Gasteiger partial charge in [0, 0.05) is 6.20 Å². The Kier molecular flexibility index (Phi) is 2.88. The summed E-state index contributed by atoms with van der Waals surface area (Å²) >= 11 is 7.05. The lowest BCUT2D eigenvalue weighted by molar-refractivity contribution is 0.0971. The molecule has 0 aliphatic heterocycles. The van der Waals surface area contributed by atoms with Crippen molar-refractivity contribution in [3.05, 3.63) is 39.3 Å². The van der Waals surface area contributed by atoms with E-state index >= 15 is 0 Å². The van der Waals surface area contributed by atoms with Gasteiger partial charge in [-0.2, -0.15) is 5.10 Å². The minimum atomic E-state index is 0.0370. The second-order valence-electron chi connectivity index (χ2n) is 3.18. The van der Waals surface area contributed by atoms with E-state index in [1.807, 2.05) is 13.0 Å². The third-order valence-corrected chi connectivity index (χ3v) is 3.20. The minimum absolute atomic E-state index is 0.0370. The van der Waals surface area contributed by atoms with Crippen LogP contribution in [0, 0.1) is 6.92 Å². The molecule has 2 aromatic heterocycles. The first-order valence-corrected chi connectivity index (χ1v) is 5.63. The molecule has 0 aromatic carbocycles. The first kappa shape index (κ1) is 10.4. The molecule has 0 amide bonds. The molecular weight excluding hydrogens is 232 g/mol. The van der Waals surface area contributed by atoms with E-state index in [2.05, 4.69) is 5.10 Å². The molecule has 0 saturated carbocycles. The normalized spacial score (nSPS) is 10.5. The van der Waals surface area contributed by atoms with Gasteiger partial charge in [-0.1, -0.05) is 11.6 Å². The maximum atomic E-state index is 11.7. The zero-order valence-electron chi connectivity index (χ0n) is 8.11. The first-order valence-electron chi connectivity index (χ1n) is 4.44. The number of Topliss-reactive ketones (excluding diaryl/α,β-unsaturated/α-hetero) is 1. The quantitative estimate of drug-likeness (QED) is 0.774. The standard InChI is InChI=1S/C10H9ClN2OS/c1-7-4-5-13(12-7)6-8(14)9-2-3-10(11)15-9/h2-5H,6H2,1H3. The second kappa shape index (κ2) is 4.16. The topological polar surface area (TPSA) is 34.9 Å². The molecule has 0 N–H and O–H groups in total. The van der Waals surface area contributed by atoms with E-state index < -0.39 is 0 Å². The predicted octanol–water partition coefficient (Wildman–Crippen LogP) is 2.79. The first-order chi connectivity index (χ1) is 7.15. The smallest absolute Gasteiger partial charge is 0.194 e. The lowest BCUT2D eigenvalue weighted by Gasteiger charge is -1.97. The molecule has 2 rings (SSSR count). The molecule has 2 heterocycles. The molecule has 0 unspecified atom stereocenters. The molecule has 0 bridgehead atoms. The van der Waals surface area contributed by atoms with Crippen LogP contribution < -0.4 is 0 Å². The maximum absolute atomic E-state index is 11.7. The lowest BCUT2D eigenvalue weighted by atomic mass is 10.3. The summed E-state index contributed by atoms with van der Waals surface area (Å²) < 4.78 is 2.26. The van der Waals surface area contributed by atoms with Gasteiger partial charge in [0.1, 0.15) is 6.54 Å². The maximum Gasteiger partial charge on any atom is 0.194 e. The Balaban J connectivity index is 2.10. The zero-order chi connectivity index (χ0) is 10.8. The van der Waals surface area contributed by atoms with Crippen LogP contribution in [-0.4, -0.2) is 15.6 Å². The van der Waals surface area contributed by atoms with Gasteiger partial charge in [0.25, 0.3) is 0 Å². The van der Waals surface area contributed by atoms with Gasteiger partial charge in [-0.25, -0.2) is 0 Å². The molecule has 0 saturated heterocycles. The summed E-state index contributed by atoms with van der Waals surface area (Å²) in [5, 5.41) is 4.15. The molecule has 0 radical (unpaired) electrons. The summed E-state index contributed by atoms with van der Waals surface area (Å²) in [6.07, 6.45) is 1.79. The number of carbonyl (C=O) groups is 1. The Hall–Kier alpha value is -1.13. The van der Waals surface area contributed by atoms with E-state index in [4.69, 9.17) is 11.6 Å². The van der Waals surface area contributed by atoms with Crippen LogP contribution in [0.1, 0.15) is 15.4 Å². The van der Waals surface area contributed by atoms with Crippen molar-refractivity contribution in [1.29, 1.82) is 0 Å². The van der Waals surface area contributed by atoms with Crippen LogP contribution in [0.5, 0.6) is 0 Å². The van der Waals surface area contributed by atoms with Gasteiger partial charge in [-0.05, 0) is 25.1 Å². The molecule has 0 fully saturated rings. The molecule has 78 valence electrons. The van der Waals surface area contributed by atoms with Crippen molar-refractivity contribution in [2.45, 2.75) is 13.5 Å². The third-order valence-electron chi connectivity index (χ3n) is 1.93. The van der Waals surface area contributed by atoms with Gasteiger partial charge in [-0.3, -0.25) is 9.48 Å². The van der Waals surface area contributed by atoms with Gasteiger partial charge in [0.15, 0.2) is 5.78 Å². The van der Waals surface area contributed by atoms with Gasteiger partial charge >= 0.3 is 0 Å². The molecule has 0 spiro atoms. The van der Waals surface area contributed by atoms with Crippen LogP contribution in [0.3, 0.4) is 0 Å². The van der Waals surface area contributed by atoms with Crippen LogP contribution in [0.25, 0.3) is 0 Å². The van der Waals surface area contributed by atoms with Gasteiger partial charge in [0.05, 0.1) is 14.9 Å². The number of ketones is 1. The van der Waals surface area contributed by atoms with E-state index in [0.717, 1.165) is 5.69 Å². The molecule has 15 heavy (non-hydrogen) atoms. The highest BCUT2D eigenvalue weighted by molar-refractivity contribution is 7.18. The Morgan fingerprint density at radius 1 is 1.53 bits per heavy atom. The molecule has 2 aromatic rings. The number of hydrogen-bond donors (Lipinski definition) is 0. The second-order valence-corrected chi connectivity index (χ2v) is 4.90. The summed E-state index contributed by atoms with van der Waals surface area (Å²) in [6.45, 7) is 2.16. The van der Waals surface area contributed by atoms with Crippen LogP contribution >= 0.6 is 22.9 Å². The number of hydrogen-bond acceptors (Lipinski definition) is 3. The highest BCUT2D eigenvalue weighted by atomic mass is 35.5. The fourth-order valence-corrected chi connectivity index (χ4v) is 2.21. The lowest BCUT2D eigenvalue weighted by Crippen LogP contribution is -2.09. The SMILES string of the molecule is Cc1ccn(CC(=O)c2ccc(Cl)s2)n1. The average Bonchev–Trinajstić information content (AvgIpc) is 2.75. The van der Waals surface area contributed by atoms with Gasteiger partial charge in [0.2, 0.25) is 0 Å². The van der Waals surface area contributed by atoms with E-state index in [1.54, 1.807) is 23.0 Å². The summed E-state index contributed by atoms with van der Waals surface area (Å²) in [7, 11) is 0. The predicted molar refractivity (Wildman–Crippen MR) is 60.6 cm³/mol. The number of rotatable bonds is 3. The van der Waals surface area contributed by atoms with E-state index in [1.165, 1.54) is 11.3 Å². The number of aromatic nitrogens is 2. The van der Waals surface area contributed by atoms with E-state index in [0.29, 0.717) is 9.21 Å². The van der Waals surface area contributed by atoms with Gasteiger partial charge in [-0.15, -0.1) is 11.3 Å². The summed E-state index contributed by atoms with van der Waals surface area (Å²) in [6, 6.07) is 5.34. The largest absolute Gasteiger partial charge is 0.291 e.